The second-order valence-electron chi connectivity index (χ2n) is 7.74. The lowest BCUT2D eigenvalue weighted by atomic mass is 10.2. The molecule has 2 amide bonds. The molecule has 0 atom stereocenters. The minimum absolute atomic E-state index is 0.123. The van der Waals surface area contributed by atoms with E-state index in [4.69, 9.17) is 4.74 Å². The van der Waals surface area contributed by atoms with E-state index in [1.165, 1.54) is 11.4 Å². The van der Waals surface area contributed by atoms with Gasteiger partial charge in [0.25, 0.3) is 0 Å². The molecule has 0 aromatic heterocycles. The molecular formula is C23H29N3O5S. The molecule has 0 spiro atoms. The third-order valence-electron chi connectivity index (χ3n) is 5.29. The van der Waals surface area contributed by atoms with Gasteiger partial charge in [-0.25, -0.2) is 8.42 Å². The highest BCUT2D eigenvalue weighted by Crippen LogP contribution is 2.24. The van der Waals surface area contributed by atoms with Gasteiger partial charge in [-0.05, 0) is 42.7 Å². The van der Waals surface area contributed by atoms with Crippen LogP contribution in [0.1, 0.15) is 31.2 Å². The summed E-state index contributed by atoms with van der Waals surface area (Å²) in [5.74, 6) is 0.524. The Kier molecular flexibility index (Phi) is 7.74. The molecule has 0 unspecified atom stereocenters. The number of hydrogen-bond acceptors (Lipinski definition) is 5. The summed E-state index contributed by atoms with van der Waals surface area (Å²) in [6, 6.07) is 14.4. The van der Waals surface area contributed by atoms with Gasteiger partial charge in [-0.2, -0.15) is 0 Å². The smallest absolute Gasteiger partial charge is 0.232 e. The van der Waals surface area contributed by atoms with Crippen molar-refractivity contribution < 1.29 is 22.7 Å². The third kappa shape index (κ3) is 6.23. The van der Waals surface area contributed by atoms with Crippen LogP contribution in [-0.2, 0) is 26.2 Å². The van der Waals surface area contributed by atoms with E-state index in [0.29, 0.717) is 30.8 Å². The van der Waals surface area contributed by atoms with E-state index < -0.39 is 10.0 Å². The Balaban J connectivity index is 1.52. The number of methoxy groups -OCH3 is 1. The molecule has 1 aliphatic heterocycles. The van der Waals surface area contributed by atoms with Gasteiger partial charge in [-0.15, -0.1) is 0 Å². The topological polar surface area (TPSA) is 96.0 Å². The van der Waals surface area contributed by atoms with Crippen molar-refractivity contribution in [3.63, 3.8) is 0 Å². The van der Waals surface area contributed by atoms with Gasteiger partial charge in [-0.3, -0.25) is 13.9 Å². The molecule has 0 radical (unpaired) electrons. The van der Waals surface area contributed by atoms with Gasteiger partial charge in [0.15, 0.2) is 0 Å². The fraction of sp³-hybridized carbons (Fsp3) is 0.391. The van der Waals surface area contributed by atoms with Gasteiger partial charge < -0.3 is 15.0 Å². The van der Waals surface area contributed by atoms with Crippen molar-refractivity contribution in [3.05, 3.63) is 54.1 Å². The Morgan fingerprint density at radius 2 is 1.97 bits per heavy atom. The fourth-order valence-electron chi connectivity index (χ4n) is 3.68. The third-order valence-corrected chi connectivity index (χ3v) is 6.49. The number of rotatable bonds is 10. The van der Waals surface area contributed by atoms with E-state index in [9.17, 15) is 18.0 Å². The molecular weight excluding hydrogens is 430 g/mol. The Hall–Kier alpha value is -3.07. The van der Waals surface area contributed by atoms with Crippen molar-refractivity contribution in [1.29, 1.82) is 0 Å². The van der Waals surface area contributed by atoms with E-state index in [1.807, 2.05) is 24.3 Å². The van der Waals surface area contributed by atoms with E-state index in [1.54, 1.807) is 29.2 Å². The van der Waals surface area contributed by atoms with Crippen molar-refractivity contribution in [2.45, 2.75) is 32.2 Å². The van der Waals surface area contributed by atoms with Crippen LogP contribution in [-0.4, -0.2) is 46.7 Å². The van der Waals surface area contributed by atoms with E-state index >= 15 is 0 Å². The fourth-order valence-corrected chi connectivity index (χ4v) is 4.64. The Bertz CT molecular complexity index is 1070. The molecule has 1 N–H and O–H groups in total. The highest BCUT2D eigenvalue weighted by molar-refractivity contribution is 7.92. The largest absolute Gasteiger partial charge is 0.497 e. The molecule has 2 aromatic rings. The van der Waals surface area contributed by atoms with Crippen molar-refractivity contribution in [2.75, 3.05) is 35.7 Å². The zero-order valence-electron chi connectivity index (χ0n) is 18.4. The zero-order chi connectivity index (χ0) is 23.1. The maximum Gasteiger partial charge on any atom is 0.232 e. The number of carbonyl (C=O) groups is 2. The number of anilines is 2. The predicted octanol–water partition coefficient (Wildman–Crippen LogP) is 2.68. The van der Waals surface area contributed by atoms with Gasteiger partial charge >= 0.3 is 0 Å². The summed E-state index contributed by atoms with van der Waals surface area (Å²) in [4.78, 5) is 26.0. The van der Waals surface area contributed by atoms with Crippen LogP contribution in [0.2, 0.25) is 0 Å². The van der Waals surface area contributed by atoms with E-state index in [0.717, 1.165) is 30.5 Å². The minimum atomic E-state index is -3.50. The van der Waals surface area contributed by atoms with Crippen LogP contribution in [0, 0.1) is 0 Å². The summed E-state index contributed by atoms with van der Waals surface area (Å²) in [5, 5.41) is 2.87. The molecule has 0 bridgehead atoms. The first-order valence-corrected chi connectivity index (χ1v) is 12.4. The van der Waals surface area contributed by atoms with Crippen molar-refractivity contribution in [3.8, 4) is 5.75 Å². The quantitative estimate of drug-likeness (QED) is 0.589. The molecule has 1 heterocycles. The number of benzene rings is 2. The molecule has 2 aromatic carbocycles. The lowest BCUT2D eigenvalue weighted by molar-refractivity contribution is -0.121. The lowest BCUT2D eigenvalue weighted by Gasteiger charge is -2.22. The molecule has 8 nitrogen and oxygen atoms in total. The summed E-state index contributed by atoms with van der Waals surface area (Å²) in [7, 11) is -1.98. The molecule has 3 rings (SSSR count). The van der Waals surface area contributed by atoms with E-state index in [-0.39, 0.29) is 24.8 Å². The highest BCUT2D eigenvalue weighted by Gasteiger charge is 2.22. The van der Waals surface area contributed by atoms with Gasteiger partial charge in [0.05, 0.1) is 19.1 Å². The summed E-state index contributed by atoms with van der Waals surface area (Å²) in [6.45, 7) is 1.26. The number of sulfonamides is 1. The molecule has 172 valence electrons. The Morgan fingerprint density at radius 3 is 2.66 bits per heavy atom. The summed E-state index contributed by atoms with van der Waals surface area (Å²) < 4.78 is 30.9. The standard InChI is InChI=1S/C23H29N3O5S/c1-31-21-10-4-9-20(16-21)26(32(2,29)30)14-5-11-22(27)24-17-18-7-3-8-19(15-18)25-13-6-12-23(25)28/h3-4,7-10,15-16H,5-6,11-14,17H2,1-2H3,(H,24,27). The number of amides is 2. The minimum Gasteiger partial charge on any atom is -0.497 e. The molecule has 9 heteroatoms. The normalized spacial score (nSPS) is 13.8. The van der Waals surface area contributed by atoms with Gasteiger partial charge in [-0.1, -0.05) is 18.2 Å². The molecule has 0 saturated carbocycles. The molecule has 32 heavy (non-hydrogen) atoms. The molecule has 1 saturated heterocycles. The second kappa shape index (κ2) is 10.5. The first-order valence-electron chi connectivity index (χ1n) is 10.6. The summed E-state index contributed by atoms with van der Waals surface area (Å²) in [6.07, 6.45) is 3.14. The van der Waals surface area contributed by atoms with Crippen molar-refractivity contribution >= 4 is 33.2 Å². The lowest BCUT2D eigenvalue weighted by Crippen LogP contribution is -2.32. The van der Waals surface area contributed by atoms with Gasteiger partial charge in [0, 0.05) is 44.2 Å². The number of nitrogens with one attached hydrogen (secondary N) is 1. The van der Waals surface area contributed by atoms with Crippen LogP contribution in [0.5, 0.6) is 5.75 Å². The van der Waals surface area contributed by atoms with E-state index in [2.05, 4.69) is 5.32 Å². The molecule has 1 fully saturated rings. The average molecular weight is 460 g/mol. The SMILES string of the molecule is COc1cccc(N(CCCC(=O)NCc2cccc(N3CCCC3=O)c2)S(C)(=O)=O)c1. The second-order valence-corrected chi connectivity index (χ2v) is 9.64. The van der Waals surface area contributed by atoms with Crippen molar-refractivity contribution in [2.24, 2.45) is 0 Å². The number of ether oxygens (including phenoxy) is 1. The highest BCUT2D eigenvalue weighted by atomic mass is 32.2. The monoisotopic (exact) mass is 459 g/mol. The Morgan fingerprint density at radius 1 is 1.19 bits per heavy atom. The maximum absolute atomic E-state index is 12.3. The molecule has 0 aliphatic carbocycles. The number of hydrogen-bond donors (Lipinski definition) is 1. The van der Waals surface area contributed by atoms with Crippen molar-refractivity contribution in [1.82, 2.24) is 5.32 Å². The first kappa shape index (κ1) is 23.6. The number of carbonyl (C=O) groups excluding carboxylic acids is 2. The van der Waals surface area contributed by atoms with Gasteiger partial charge in [0.1, 0.15) is 5.75 Å². The maximum atomic E-state index is 12.3. The van der Waals surface area contributed by atoms with Crippen LogP contribution in [0.3, 0.4) is 0 Å². The van der Waals surface area contributed by atoms with Crippen LogP contribution in [0.15, 0.2) is 48.5 Å². The zero-order valence-corrected chi connectivity index (χ0v) is 19.2. The average Bonchev–Trinajstić information content (AvgIpc) is 3.20. The summed E-state index contributed by atoms with van der Waals surface area (Å²) >= 11 is 0. The van der Waals surface area contributed by atoms with Crippen LogP contribution < -0.4 is 19.3 Å². The van der Waals surface area contributed by atoms with Crippen LogP contribution >= 0.6 is 0 Å². The summed E-state index contributed by atoms with van der Waals surface area (Å²) in [5.41, 5.74) is 2.26. The Labute approximate surface area is 189 Å². The van der Waals surface area contributed by atoms with Gasteiger partial charge in [0.2, 0.25) is 21.8 Å². The van der Waals surface area contributed by atoms with Crippen LogP contribution in [0.4, 0.5) is 11.4 Å². The van der Waals surface area contributed by atoms with Crippen LogP contribution in [0.25, 0.3) is 0 Å². The number of nitrogens with zero attached hydrogens (tertiary/aromatic N) is 2. The first-order chi connectivity index (χ1) is 15.3. The molecule has 1 aliphatic rings. The predicted molar refractivity (Wildman–Crippen MR) is 124 cm³/mol.